The number of nitrogens with zero attached hydrogens (tertiary/aromatic N) is 2. The minimum Gasteiger partial charge on any atom is -0.508 e. The van der Waals surface area contributed by atoms with Crippen LogP contribution in [0.15, 0.2) is 42.5 Å². The molecule has 0 radical (unpaired) electrons. The Bertz CT molecular complexity index is 958. The third-order valence-electron chi connectivity index (χ3n) is 5.34. The van der Waals surface area contributed by atoms with Crippen LogP contribution in [-0.4, -0.2) is 53.6 Å². The summed E-state index contributed by atoms with van der Waals surface area (Å²) in [5, 5.41) is 20.6. The Morgan fingerprint density at radius 3 is 2.32 bits per heavy atom. The van der Waals surface area contributed by atoms with Crippen molar-refractivity contribution in [3.8, 4) is 11.5 Å². The fraction of sp³-hybridized carbons (Fsp3) is 0.409. The lowest BCUT2D eigenvalue weighted by atomic mass is 10.0. The molecular formula is C22H29N2O6P. The molecule has 2 N–H and O–H groups in total. The van der Waals surface area contributed by atoms with E-state index in [9.17, 15) is 19.6 Å². The van der Waals surface area contributed by atoms with Gasteiger partial charge in [-0.25, -0.2) is 4.79 Å². The standard InChI is InChI=1S/C22H29N2O6P/c1-4-29-31(28,30-5-2)14-13-23-19(18-11-12-20(25)16(3)21(18)26)15-24(22(23)27)17-9-7-6-8-10-17/h6-12,19,25-26H,4-5,13-15H2,1-3H3. The summed E-state index contributed by atoms with van der Waals surface area (Å²) >= 11 is 0. The van der Waals surface area contributed by atoms with Crippen molar-refractivity contribution in [2.24, 2.45) is 0 Å². The van der Waals surface area contributed by atoms with Crippen LogP contribution in [0.3, 0.4) is 0 Å². The predicted octanol–water partition coefficient (Wildman–Crippen LogP) is 4.66. The highest BCUT2D eigenvalue weighted by Gasteiger charge is 2.41. The summed E-state index contributed by atoms with van der Waals surface area (Å²) in [7, 11) is -3.35. The number of aromatic hydroxyl groups is 2. The van der Waals surface area contributed by atoms with Gasteiger partial charge < -0.3 is 24.2 Å². The van der Waals surface area contributed by atoms with E-state index < -0.39 is 13.6 Å². The smallest absolute Gasteiger partial charge is 0.332 e. The molecule has 1 fully saturated rings. The fourth-order valence-corrected chi connectivity index (χ4v) is 5.33. The van der Waals surface area contributed by atoms with Crippen LogP contribution >= 0.6 is 7.60 Å². The molecule has 1 saturated heterocycles. The number of amides is 2. The summed E-state index contributed by atoms with van der Waals surface area (Å²) in [5.41, 5.74) is 1.59. The summed E-state index contributed by atoms with van der Waals surface area (Å²) in [4.78, 5) is 16.5. The molecule has 1 aliphatic heterocycles. The number of carbonyl (C=O) groups is 1. The van der Waals surface area contributed by atoms with E-state index in [1.165, 1.54) is 6.07 Å². The number of benzene rings is 2. The highest BCUT2D eigenvalue weighted by Crippen LogP contribution is 2.49. The third-order valence-corrected chi connectivity index (χ3v) is 7.39. The first-order valence-electron chi connectivity index (χ1n) is 10.3. The summed E-state index contributed by atoms with van der Waals surface area (Å²) in [6.07, 6.45) is 0.0391. The van der Waals surface area contributed by atoms with Gasteiger partial charge in [0.25, 0.3) is 0 Å². The molecule has 0 spiro atoms. The first kappa shape index (κ1) is 23.1. The topological polar surface area (TPSA) is 99.5 Å². The molecule has 31 heavy (non-hydrogen) atoms. The zero-order chi connectivity index (χ0) is 22.6. The molecule has 1 unspecified atom stereocenters. The Morgan fingerprint density at radius 2 is 1.71 bits per heavy atom. The van der Waals surface area contributed by atoms with Crippen molar-refractivity contribution in [2.75, 3.05) is 37.4 Å². The van der Waals surface area contributed by atoms with Crippen LogP contribution in [0.25, 0.3) is 0 Å². The highest BCUT2D eigenvalue weighted by atomic mass is 31.2. The van der Waals surface area contributed by atoms with Crippen molar-refractivity contribution in [1.29, 1.82) is 0 Å². The number of phenolic OH excluding ortho intramolecular Hbond substituents is 2. The van der Waals surface area contributed by atoms with E-state index in [-0.39, 0.29) is 43.5 Å². The monoisotopic (exact) mass is 448 g/mol. The Labute approximate surface area is 182 Å². The molecule has 0 aromatic heterocycles. The average Bonchev–Trinajstić information content (AvgIpc) is 3.08. The molecule has 8 nitrogen and oxygen atoms in total. The Morgan fingerprint density at radius 1 is 1.06 bits per heavy atom. The Hall–Kier alpha value is -2.54. The van der Waals surface area contributed by atoms with E-state index in [1.807, 2.05) is 30.3 Å². The third kappa shape index (κ3) is 4.87. The number of hydrogen-bond acceptors (Lipinski definition) is 6. The molecule has 9 heteroatoms. The lowest BCUT2D eigenvalue weighted by Crippen LogP contribution is -2.34. The van der Waals surface area contributed by atoms with E-state index in [2.05, 4.69) is 0 Å². The summed E-state index contributed by atoms with van der Waals surface area (Å²) < 4.78 is 23.7. The van der Waals surface area contributed by atoms with Crippen LogP contribution in [0.5, 0.6) is 11.5 Å². The number of anilines is 1. The van der Waals surface area contributed by atoms with Crippen LogP contribution in [0.2, 0.25) is 0 Å². The molecule has 0 saturated carbocycles. The van der Waals surface area contributed by atoms with E-state index >= 15 is 0 Å². The van der Waals surface area contributed by atoms with Crippen LogP contribution in [0.1, 0.15) is 31.0 Å². The van der Waals surface area contributed by atoms with Gasteiger partial charge in [-0.3, -0.25) is 9.46 Å². The molecule has 0 bridgehead atoms. The molecule has 168 valence electrons. The number of urea groups is 1. The SMILES string of the molecule is CCOP(=O)(CCN1C(=O)N(c2ccccc2)CC1c1ccc(O)c(C)c1O)OCC. The molecule has 1 heterocycles. The van der Waals surface area contributed by atoms with Crippen LogP contribution in [0.4, 0.5) is 10.5 Å². The number of hydrogen-bond donors (Lipinski definition) is 2. The zero-order valence-corrected chi connectivity index (χ0v) is 18.9. The normalized spacial score (nSPS) is 16.9. The van der Waals surface area contributed by atoms with Gasteiger partial charge in [-0.15, -0.1) is 0 Å². The lowest BCUT2D eigenvalue weighted by molar-refractivity contribution is 0.199. The molecule has 2 aromatic rings. The highest BCUT2D eigenvalue weighted by molar-refractivity contribution is 7.53. The second-order valence-electron chi connectivity index (χ2n) is 7.26. The predicted molar refractivity (Wildman–Crippen MR) is 119 cm³/mol. The Kier molecular flexibility index (Phi) is 7.26. The van der Waals surface area contributed by atoms with Gasteiger partial charge in [0.05, 0.1) is 32.0 Å². The lowest BCUT2D eigenvalue weighted by Gasteiger charge is -2.26. The maximum Gasteiger partial charge on any atom is 0.332 e. The van der Waals surface area contributed by atoms with Gasteiger partial charge in [0.1, 0.15) is 11.5 Å². The maximum atomic E-state index is 13.3. The zero-order valence-electron chi connectivity index (χ0n) is 18.0. The van der Waals surface area contributed by atoms with Crippen molar-refractivity contribution < 1.29 is 28.6 Å². The number of para-hydroxylation sites is 1. The van der Waals surface area contributed by atoms with Gasteiger partial charge in [-0.1, -0.05) is 18.2 Å². The molecule has 1 aliphatic rings. The Balaban J connectivity index is 1.95. The van der Waals surface area contributed by atoms with Gasteiger partial charge in [0, 0.05) is 23.4 Å². The van der Waals surface area contributed by atoms with Gasteiger partial charge >= 0.3 is 13.6 Å². The quantitative estimate of drug-likeness (QED) is 0.542. The summed E-state index contributed by atoms with van der Waals surface area (Å²) in [5.74, 6) is -0.0789. The maximum absolute atomic E-state index is 13.3. The summed E-state index contributed by atoms with van der Waals surface area (Å²) in [6, 6.07) is 11.6. The molecular weight excluding hydrogens is 419 g/mol. The minimum atomic E-state index is -3.35. The van der Waals surface area contributed by atoms with Crippen molar-refractivity contribution in [1.82, 2.24) is 4.90 Å². The number of rotatable bonds is 9. The van der Waals surface area contributed by atoms with E-state index in [4.69, 9.17) is 9.05 Å². The van der Waals surface area contributed by atoms with E-state index in [0.717, 1.165) is 5.69 Å². The van der Waals surface area contributed by atoms with Gasteiger partial charge in [0.2, 0.25) is 0 Å². The van der Waals surface area contributed by atoms with Crippen molar-refractivity contribution in [2.45, 2.75) is 26.8 Å². The molecule has 3 rings (SSSR count). The fourth-order valence-electron chi connectivity index (χ4n) is 3.75. The molecule has 2 aromatic carbocycles. The number of phenols is 2. The van der Waals surface area contributed by atoms with Gasteiger partial charge in [0.15, 0.2) is 0 Å². The van der Waals surface area contributed by atoms with Crippen molar-refractivity contribution in [3.63, 3.8) is 0 Å². The average molecular weight is 448 g/mol. The van der Waals surface area contributed by atoms with Crippen molar-refractivity contribution >= 4 is 19.3 Å². The first-order chi connectivity index (χ1) is 14.8. The van der Waals surface area contributed by atoms with Crippen LogP contribution in [-0.2, 0) is 13.6 Å². The van der Waals surface area contributed by atoms with Gasteiger partial charge in [-0.2, -0.15) is 0 Å². The van der Waals surface area contributed by atoms with E-state index in [0.29, 0.717) is 17.7 Å². The van der Waals surface area contributed by atoms with E-state index in [1.54, 1.807) is 36.6 Å². The molecule has 1 atom stereocenters. The second kappa shape index (κ2) is 9.73. The van der Waals surface area contributed by atoms with Crippen LogP contribution in [0, 0.1) is 6.92 Å². The largest absolute Gasteiger partial charge is 0.508 e. The summed E-state index contributed by atoms with van der Waals surface area (Å²) in [6.45, 7) is 6.00. The molecule has 0 aliphatic carbocycles. The first-order valence-corrected chi connectivity index (χ1v) is 12.1. The van der Waals surface area contributed by atoms with Gasteiger partial charge in [-0.05, 0) is 45.0 Å². The van der Waals surface area contributed by atoms with Crippen molar-refractivity contribution in [3.05, 3.63) is 53.6 Å². The minimum absolute atomic E-state index is 0.0192. The molecule has 2 amide bonds. The number of carbonyl (C=O) groups excluding carboxylic acids is 1. The van der Waals surface area contributed by atoms with Crippen LogP contribution < -0.4 is 4.90 Å². The second-order valence-corrected chi connectivity index (χ2v) is 9.44.